The molecular formula is C23H15NO7. The van der Waals surface area contributed by atoms with Crippen molar-refractivity contribution in [3.8, 4) is 28.7 Å². The summed E-state index contributed by atoms with van der Waals surface area (Å²) in [7, 11) is 0. The van der Waals surface area contributed by atoms with Crippen molar-refractivity contribution >= 4 is 55.3 Å². The van der Waals surface area contributed by atoms with Crippen molar-refractivity contribution in [2.75, 3.05) is 6.54 Å². The summed E-state index contributed by atoms with van der Waals surface area (Å²) in [6, 6.07) is 9.76. The first-order valence-corrected chi connectivity index (χ1v) is 9.25. The van der Waals surface area contributed by atoms with Gasteiger partial charge in [-0.2, -0.15) is 0 Å². The van der Waals surface area contributed by atoms with Gasteiger partial charge in [-0.3, -0.25) is 9.79 Å². The molecule has 0 aliphatic heterocycles. The van der Waals surface area contributed by atoms with Crippen LogP contribution in [0.15, 0.2) is 41.4 Å². The van der Waals surface area contributed by atoms with E-state index in [0.717, 1.165) is 6.21 Å². The van der Waals surface area contributed by atoms with E-state index >= 15 is 0 Å². The molecule has 0 saturated heterocycles. The van der Waals surface area contributed by atoms with E-state index in [9.17, 15) is 30.3 Å². The molecule has 2 bridgehead atoms. The summed E-state index contributed by atoms with van der Waals surface area (Å²) >= 11 is 0. The minimum absolute atomic E-state index is 0.104. The highest BCUT2D eigenvalue weighted by atomic mass is 16.4. The topological polar surface area (TPSA) is 151 Å². The maximum atomic E-state index is 11.1. The molecule has 6 aromatic carbocycles. The third kappa shape index (κ3) is 2.35. The Labute approximate surface area is 173 Å². The lowest BCUT2D eigenvalue weighted by Crippen LogP contribution is -2.00. The van der Waals surface area contributed by atoms with Crippen molar-refractivity contribution in [1.29, 1.82) is 0 Å². The van der Waals surface area contributed by atoms with Crippen molar-refractivity contribution in [3.63, 3.8) is 0 Å². The third-order valence-electron chi connectivity index (χ3n) is 5.53. The molecule has 0 radical (unpaired) electrons. The molecule has 8 nitrogen and oxygen atoms in total. The number of aliphatic imine (C=N–C) groups is 1. The van der Waals surface area contributed by atoms with Crippen molar-refractivity contribution in [2.45, 2.75) is 0 Å². The molecule has 154 valence electrons. The van der Waals surface area contributed by atoms with Gasteiger partial charge in [0.25, 0.3) is 0 Å². The Morgan fingerprint density at radius 2 is 1.23 bits per heavy atom. The Morgan fingerprint density at radius 1 is 0.710 bits per heavy atom. The summed E-state index contributed by atoms with van der Waals surface area (Å²) in [4.78, 5) is 14.4. The van der Waals surface area contributed by atoms with Crippen LogP contribution >= 0.6 is 0 Å². The van der Waals surface area contributed by atoms with E-state index in [1.54, 1.807) is 24.3 Å². The number of hydrogen-bond acceptors (Lipinski definition) is 7. The van der Waals surface area contributed by atoms with E-state index in [-0.39, 0.29) is 38.6 Å². The van der Waals surface area contributed by atoms with E-state index in [1.165, 1.54) is 12.1 Å². The normalized spacial score (nSPS) is 12.1. The molecule has 0 fully saturated rings. The zero-order chi connectivity index (χ0) is 22.0. The van der Waals surface area contributed by atoms with Gasteiger partial charge in [-0.1, -0.05) is 24.3 Å². The van der Waals surface area contributed by atoms with Crippen molar-refractivity contribution in [2.24, 2.45) is 4.99 Å². The number of aliphatic carboxylic acids is 1. The fourth-order valence-corrected chi connectivity index (χ4v) is 4.35. The highest BCUT2D eigenvalue weighted by Gasteiger charge is 2.28. The van der Waals surface area contributed by atoms with E-state index in [4.69, 9.17) is 5.11 Å². The number of benzene rings is 6. The standard InChI is InChI=1S/C23H15NO7/c25-12-5-6-13(26)18-16-10-4-2-1-3-9(10)15(17(12)18)19-20(16)23(31)22(30)11(21(19)29)7-24-8-14(27)28/h1-7,25-26,29-31H,8H2,(H,27,28). The van der Waals surface area contributed by atoms with Crippen molar-refractivity contribution in [1.82, 2.24) is 0 Å². The molecular weight excluding hydrogens is 402 g/mol. The monoisotopic (exact) mass is 417 g/mol. The molecule has 8 heteroatoms. The lowest BCUT2D eigenvalue weighted by Gasteiger charge is -2.21. The van der Waals surface area contributed by atoms with Crippen LogP contribution in [-0.4, -0.2) is 49.4 Å². The molecule has 0 saturated carbocycles. The van der Waals surface area contributed by atoms with Crippen molar-refractivity contribution in [3.05, 3.63) is 42.0 Å². The predicted molar refractivity (Wildman–Crippen MR) is 116 cm³/mol. The van der Waals surface area contributed by atoms with Gasteiger partial charge >= 0.3 is 5.97 Å². The Morgan fingerprint density at radius 3 is 1.74 bits per heavy atom. The number of rotatable bonds is 3. The number of hydrogen-bond donors (Lipinski definition) is 6. The molecule has 31 heavy (non-hydrogen) atoms. The van der Waals surface area contributed by atoms with Gasteiger partial charge in [-0.15, -0.1) is 0 Å². The first-order valence-electron chi connectivity index (χ1n) is 9.25. The zero-order valence-corrected chi connectivity index (χ0v) is 15.8. The van der Waals surface area contributed by atoms with Crippen LogP contribution in [0.5, 0.6) is 28.7 Å². The van der Waals surface area contributed by atoms with Crippen LogP contribution in [0.1, 0.15) is 5.56 Å². The summed E-state index contributed by atoms with van der Waals surface area (Å²) in [5.74, 6) is -3.14. The van der Waals surface area contributed by atoms with Crippen LogP contribution in [0.25, 0.3) is 43.1 Å². The molecule has 0 heterocycles. The van der Waals surface area contributed by atoms with Gasteiger partial charge in [0, 0.05) is 38.5 Å². The molecule has 0 aromatic heterocycles. The quantitative estimate of drug-likeness (QED) is 0.113. The summed E-state index contributed by atoms with van der Waals surface area (Å²) in [5.41, 5.74) is -0.253. The van der Waals surface area contributed by atoms with Crippen LogP contribution in [0.4, 0.5) is 0 Å². The summed E-state index contributed by atoms with van der Waals surface area (Å²) in [6.45, 7) is -0.592. The lowest BCUT2D eigenvalue weighted by molar-refractivity contribution is -0.135. The minimum Gasteiger partial charge on any atom is -0.507 e. The second-order valence-corrected chi connectivity index (χ2v) is 7.22. The van der Waals surface area contributed by atoms with Crippen LogP contribution in [0, 0.1) is 0 Å². The van der Waals surface area contributed by atoms with Gasteiger partial charge in [-0.05, 0) is 22.9 Å². The highest BCUT2D eigenvalue weighted by Crippen LogP contribution is 2.56. The first kappa shape index (κ1) is 18.6. The number of nitrogens with zero attached hydrogens (tertiary/aromatic N) is 1. The number of carboxylic acids is 1. The SMILES string of the molecule is O=C(O)CN=Cc1c(O)c(O)c2c(c1O)c1c3ccccc3c2c2c(O)ccc(O)c21. The maximum Gasteiger partial charge on any atom is 0.325 e. The molecule has 0 amide bonds. The van der Waals surface area contributed by atoms with E-state index in [0.29, 0.717) is 21.5 Å². The van der Waals surface area contributed by atoms with Crippen molar-refractivity contribution < 1.29 is 35.4 Å². The average molecular weight is 417 g/mol. The zero-order valence-electron chi connectivity index (χ0n) is 15.8. The molecule has 0 aliphatic carbocycles. The molecule has 6 rings (SSSR count). The van der Waals surface area contributed by atoms with Gasteiger partial charge < -0.3 is 30.6 Å². The largest absolute Gasteiger partial charge is 0.507 e. The summed E-state index contributed by atoms with van der Waals surface area (Å²) in [6.07, 6.45) is 0.974. The lowest BCUT2D eigenvalue weighted by atomic mass is 9.84. The molecule has 6 aromatic rings. The highest BCUT2D eigenvalue weighted by molar-refractivity contribution is 6.44. The number of phenols is 5. The Bertz CT molecular complexity index is 1590. The molecule has 6 N–H and O–H groups in total. The van der Waals surface area contributed by atoms with Gasteiger partial charge in [-0.25, -0.2) is 0 Å². The van der Waals surface area contributed by atoms with E-state index < -0.39 is 29.8 Å². The van der Waals surface area contributed by atoms with Gasteiger partial charge in [0.15, 0.2) is 11.5 Å². The van der Waals surface area contributed by atoms with Crippen LogP contribution in [0.2, 0.25) is 0 Å². The van der Waals surface area contributed by atoms with Gasteiger partial charge in [0.1, 0.15) is 23.8 Å². The van der Waals surface area contributed by atoms with E-state index in [2.05, 4.69) is 4.99 Å². The molecule has 0 unspecified atom stereocenters. The van der Waals surface area contributed by atoms with Crippen LogP contribution in [-0.2, 0) is 4.79 Å². The number of carboxylic acid groups (broad SMARTS) is 1. The summed E-state index contributed by atoms with van der Waals surface area (Å²) < 4.78 is 0. The summed E-state index contributed by atoms with van der Waals surface area (Å²) in [5, 5.41) is 65.3. The maximum absolute atomic E-state index is 11.1. The smallest absolute Gasteiger partial charge is 0.325 e. The fourth-order valence-electron chi connectivity index (χ4n) is 4.35. The Balaban J connectivity index is 2.10. The number of carbonyl (C=O) groups is 1. The second-order valence-electron chi connectivity index (χ2n) is 7.22. The van der Waals surface area contributed by atoms with E-state index in [1.807, 2.05) is 0 Å². The van der Waals surface area contributed by atoms with Crippen LogP contribution < -0.4 is 0 Å². The van der Waals surface area contributed by atoms with Crippen LogP contribution in [0.3, 0.4) is 0 Å². The molecule has 0 aliphatic rings. The Kier molecular flexibility index (Phi) is 3.75. The third-order valence-corrected chi connectivity index (χ3v) is 5.53. The predicted octanol–water partition coefficient (Wildman–Crippen LogP) is 3.77. The first-order chi connectivity index (χ1) is 14.8. The van der Waals surface area contributed by atoms with Gasteiger partial charge in [0.05, 0.1) is 5.56 Å². The second kappa shape index (κ2) is 6.27. The fraction of sp³-hybridized carbons (Fsp3) is 0.0435. The molecule has 0 spiro atoms. The average Bonchev–Trinajstić information content (AvgIpc) is 2.76. The number of aromatic hydroxyl groups is 5. The Hall–Kier alpha value is -4.46. The molecule has 0 atom stereocenters. The van der Waals surface area contributed by atoms with Gasteiger partial charge in [0.2, 0.25) is 0 Å². The number of phenolic OH excluding ortho intramolecular Hbond substituents is 5. The minimum atomic E-state index is -1.20.